The molecular weight excluding hydrogens is 191 g/mol. The van der Waals surface area contributed by atoms with Gasteiger partial charge >= 0.3 is 5.97 Å². The Morgan fingerprint density at radius 1 is 1.50 bits per heavy atom. The van der Waals surface area contributed by atoms with Gasteiger partial charge in [0.25, 0.3) is 0 Å². The van der Waals surface area contributed by atoms with E-state index in [0.29, 0.717) is 0 Å². The molecule has 6 heteroatoms. The molecule has 0 aliphatic rings. The summed E-state index contributed by atoms with van der Waals surface area (Å²) < 4.78 is 13.1. The Morgan fingerprint density at radius 3 is 2.57 bits per heavy atom. The summed E-state index contributed by atoms with van der Waals surface area (Å²) in [6.07, 6.45) is 0. The predicted molar refractivity (Wildman–Crippen MR) is 47.0 cm³/mol. The molecule has 1 aromatic rings. The lowest BCUT2D eigenvalue weighted by Gasteiger charge is -2.11. The van der Waals surface area contributed by atoms with Crippen molar-refractivity contribution in [2.45, 2.75) is 6.04 Å². The molecule has 14 heavy (non-hydrogen) atoms. The van der Waals surface area contributed by atoms with Gasteiger partial charge in [0.15, 0.2) is 0 Å². The largest absolute Gasteiger partial charge is 0.505 e. The van der Waals surface area contributed by atoms with Crippen molar-refractivity contribution >= 4 is 11.7 Å². The van der Waals surface area contributed by atoms with E-state index in [1.54, 1.807) is 0 Å². The highest BCUT2D eigenvalue weighted by atomic mass is 19.1. The summed E-state index contributed by atoms with van der Waals surface area (Å²) in [6.45, 7) is 0. The van der Waals surface area contributed by atoms with E-state index in [2.05, 4.69) is 0 Å². The highest BCUT2D eigenvalue weighted by Crippen LogP contribution is 2.31. The van der Waals surface area contributed by atoms with Gasteiger partial charge in [-0.25, -0.2) is 4.39 Å². The molecule has 6 N–H and O–H groups in total. The number of nitrogen functional groups attached to an aromatic ring is 1. The Hall–Kier alpha value is -1.82. The van der Waals surface area contributed by atoms with Crippen LogP contribution in [0.3, 0.4) is 0 Å². The Kier molecular flexibility index (Phi) is 2.57. The van der Waals surface area contributed by atoms with Crippen molar-refractivity contribution in [2.75, 3.05) is 5.73 Å². The fourth-order valence-corrected chi connectivity index (χ4v) is 1.02. The van der Waals surface area contributed by atoms with E-state index in [4.69, 9.17) is 16.6 Å². The van der Waals surface area contributed by atoms with E-state index in [9.17, 15) is 14.3 Å². The van der Waals surface area contributed by atoms with Crippen LogP contribution >= 0.6 is 0 Å². The average molecular weight is 200 g/mol. The molecule has 0 aliphatic heterocycles. The number of nitrogens with two attached hydrogens (primary N) is 2. The summed E-state index contributed by atoms with van der Waals surface area (Å²) >= 11 is 0. The number of anilines is 1. The molecule has 0 aromatic heterocycles. The number of halogens is 1. The fraction of sp³-hybridized carbons (Fsp3) is 0.125. The van der Waals surface area contributed by atoms with E-state index in [1.165, 1.54) is 0 Å². The molecule has 0 unspecified atom stereocenters. The molecule has 76 valence electrons. The second-order valence-electron chi connectivity index (χ2n) is 2.71. The molecule has 0 heterocycles. The van der Waals surface area contributed by atoms with Crippen LogP contribution < -0.4 is 11.5 Å². The third kappa shape index (κ3) is 1.60. The number of rotatable bonds is 2. The Balaban J connectivity index is 3.32. The van der Waals surface area contributed by atoms with Crippen LogP contribution in [0.4, 0.5) is 10.1 Å². The summed E-state index contributed by atoms with van der Waals surface area (Å²) in [5.41, 5.74) is 9.80. The zero-order valence-corrected chi connectivity index (χ0v) is 7.07. The first-order chi connectivity index (χ1) is 6.45. The van der Waals surface area contributed by atoms with Crippen LogP contribution in [0, 0.1) is 5.82 Å². The number of carboxylic acids is 1. The summed E-state index contributed by atoms with van der Waals surface area (Å²) in [6, 6.07) is 0.453. The van der Waals surface area contributed by atoms with Crippen molar-refractivity contribution in [3.05, 3.63) is 23.5 Å². The van der Waals surface area contributed by atoms with Crippen LogP contribution in [0.15, 0.2) is 12.1 Å². The normalized spacial score (nSPS) is 12.4. The minimum atomic E-state index is -1.63. The monoisotopic (exact) mass is 200 g/mol. The standard InChI is InChI=1S/C8H9FN2O3/c9-3-1-2-4(10)7(12)5(3)6(11)8(13)14/h1-2,6,12H,10-11H2,(H,13,14)/t6-/m0/s1. The van der Waals surface area contributed by atoms with Crippen LogP contribution in [-0.4, -0.2) is 16.2 Å². The van der Waals surface area contributed by atoms with E-state index >= 15 is 0 Å². The topological polar surface area (TPSA) is 110 Å². The number of carboxylic acid groups (broad SMARTS) is 1. The smallest absolute Gasteiger partial charge is 0.325 e. The molecule has 0 saturated heterocycles. The number of phenols is 1. The molecular formula is C8H9FN2O3. The van der Waals surface area contributed by atoms with E-state index in [0.717, 1.165) is 12.1 Å². The van der Waals surface area contributed by atoms with Crippen LogP contribution in [0.2, 0.25) is 0 Å². The number of aromatic hydroxyl groups is 1. The van der Waals surface area contributed by atoms with Gasteiger partial charge in [0, 0.05) is 0 Å². The van der Waals surface area contributed by atoms with Gasteiger partial charge in [0.05, 0.1) is 11.3 Å². The first-order valence-electron chi connectivity index (χ1n) is 3.70. The third-order valence-corrected chi connectivity index (χ3v) is 1.77. The fourth-order valence-electron chi connectivity index (χ4n) is 1.02. The van der Waals surface area contributed by atoms with Crippen molar-refractivity contribution in [1.82, 2.24) is 0 Å². The maximum absolute atomic E-state index is 13.1. The molecule has 0 aliphatic carbocycles. The summed E-state index contributed by atoms with van der Waals surface area (Å²) in [5, 5.41) is 17.8. The first kappa shape index (κ1) is 10.3. The maximum Gasteiger partial charge on any atom is 0.325 e. The molecule has 0 spiro atoms. The molecule has 0 radical (unpaired) electrons. The van der Waals surface area contributed by atoms with Gasteiger partial charge in [-0.3, -0.25) is 4.79 Å². The molecule has 1 aromatic carbocycles. The second kappa shape index (κ2) is 3.51. The van der Waals surface area contributed by atoms with Crippen LogP contribution in [0.1, 0.15) is 11.6 Å². The number of carbonyl (C=O) groups is 1. The number of hydrogen-bond acceptors (Lipinski definition) is 4. The highest BCUT2D eigenvalue weighted by molar-refractivity contribution is 5.77. The van der Waals surface area contributed by atoms with Gasteiger partial charge in [-0.1, -0.05) is 0 Å². The molecule has 0 saturated carbocycles. The molecule has 1 atom stereocenters. The Morgan fingerprint density at radius 2 is 2.07 bits per heavy atom. The molecule has 5 nitrogen and oxygen atoms in total. The summed E-state index contributed by atoms with van der Waals surface area (Å²) in [7, 11) is 0. The second-order valence-corrected chi connectivity index (χ2v) is 2.71. The van der Waals surface area contributed by atoms with Gasteiger partial charge in [0.1, 0.15) is 17.6 Å². The lowest BCUT2D eigenvalue weighted by atomic mass is 10.0. The Labute approximate surface area is 78.8 Å². The van der Waals surface area contributed by atoms with E-state index in [1.807, 2.05) is 0 Å². The van der Waals surface area contributed by atoms with E-state index < -0.39 is 29.1 Å². The lowest BCUT2D eigenvalue weighted by Crippen LogP contribution is -2.22. The molecule has 0 fully saturated rings. The number of aliphatic carboxylic acids is 1. The summed E-state index contributed by atoms with van der Waals surface area (Å²) in [5.74, 6) is -2.96. The van der Waals surface area contributed by atoms with Crippen molar-refractivity contribution in [2.24, 2.45) is 5.73 Å². The Bertz CT molecular complexity index is 381. The predicted octanol–water partition coefficient (Wildman–Crippen LogP) is 0.198. The number of benzene rings is 1. The van der Waals surface area contributed by atoms with Crippen molar-refractivity contribution < 1.29 is 19.4 Å². The third-order valence-electron chi connectivity index (χ3n) is 1.77. The zero-order valence-electron chi connectivity index (χ0n) is 7.07. The summed E-state index contributed by atoms with van der Waals surface area (Å²) in [4.78, 5) is 10.5. The van der Waals surface area contributed by atoms with Crippen LogP contribution in [0.25, 0.3) is 0 Å². The lowest BCUT2D eigenvalue weighted by molar-refractivity contribution is -0.138. The van der Waals surface area contributed by atoms with Gasteiger partial charge < -0.3 is 21.7 Å². The minimum absolute atomic E-state index is 0.113. The number of hydrogen-bond donors (Lipinski definition) is 4. The van der Waals surface area contributed by atoms with Crippen molar-refractivity contribution in [3.63, 3.8) is 0 Å². The minimum Gasteiger partial charge on any atom is -0.505 e. The van der Waals surface area contributed by atoms with Crippen LogP contribution in [0.5, 0.6) is 5.75 Å². The average Bonchev–Trinajstić information content (AvgIpc) is 2.12. The van der Waals surface area contributed by atoms with Crippen molar-refractivity contribution in [3.8, 4) is 5.75 Å². The SMILES string of the molecule is Nc1ccc(F)c([C@H](N)C(=O)O)c1O. The van der Waals surface area contributed by atoms with Crippen LogP contribution in [-0.2, 0) is 4.79 Å². The van der Waals surface area contributed by atoms with Gasteiger partial charge in [-0.15, -0.1) is 0 Å². The molecule has 0 bridgehead atoms. The van der Waals surface area contributed by atoms with Gasteiger partial charge in [-0.2, -0.15) is 0 Å². The number of phenolic OH excluding ortho intramolecular Hbond substituents is 1. The quantitative estimate of drug-likeness (QED) is 0.402. The van der Waals surface area contributed by atoms with E-state index in [-0.39, 0.29) is 5.69 Å². The maximum atomic E-state index is 13.1. The molecule has 1 rings (SSSR count). The van der Waals surface area contributed by atoms with Crippen molar-refractivity contribution in [1.29, 1.82) is 0 Å². The zero-order chi connectivity index (χ0) is 10.9. The molecule has 0 amide bonds. The highest BCUT2D eigenvalue weighted by Gasteiger charge is 2.23. The van der Waals surface area contributed by atoms with Gasteiger partial charge in [0.2, 0.25) is 0 Å². The van der Waals surface area contributed by atoms with Gasteiger partial charge in [-0.05, 0) is 12.1 Å². The first-order valence-corrected chi connectivity index (χ1v) is 3.70.